The molecule has 0 bridgehead atoms. The van der Waals surface area contributed by atoms with Crippen LogP contribution in [0.2, 0.25) is 0 Å². The summed E-state index contributed by atoms with van der Waals surface area (Å²) in [5.74, 6) is 0.975. The Hall–Kier alpha value is -3.62. The summed E-state index contributed by atoms with van der Waals surface area (Å²) in [4.78, 5) is 10.5. The maximum Gasteiger partial charge on any atom is 0.187 e. The molecule has 5 heteroatoms. The van der Waals surface area contributed by atoms with E-state index in [4.69, 9.17) is 17.3 Å². The lowest BCUT2D eigenvalue weighted by molar-refractivity contribution is 0.751. The van der Waals surface area contributed by atoms with Crippen molar-refractivity contribution in [2.75, 3.05) is 18.0 Å². The van der Waals surface area contributed by atoms with E-state index in [0.29, 0.717) is 5.69 Å². The molecule has 1 aliphatic rings. The van der Waals surface area contributed by atoms with Gasteiger partial charge in [-0.25, -0.2) is 9.83 Å². The molecule has 2 N–H and O–H groups in total. The highest BCUT2D eigenvalue weighted by molar-refractivity contribution is 5.90. The molecule has 5 nitrogen and oxygen atoms in total. The van der Waals surface area contributed by atoms with Crippen molar-refractivity contribution in [2.24, 2.45) is 5.73 Å². The zero-order valence-corrected chi connectivity index (χ0v) is 16.9. The predicted octanol–water partition coefficient (Wildman–Crippen LogP) is 5.06. The summed E-state index contributed by atoms with van der Waals surface area (Å²) in [6.07, 6.45) is 4.88. The fraction of sp³-hybridized carbons (Fsp3) is 0.200. The van der Waals surface area contributed by atoms with Gasteiger partial charge in [0.2, 0.25) is 0 Å². The number of benzene rings is 2. The zero-order chi connectivity index (χ0) is 20.7. The summed E-state index contributed by atoms with van der Waals surface area (Å²) in [6, 6.07) is 18.8. The van der Waals surface area contributed by atoms with Crippen LogP contribution in [0.15, 0.2) is 67.0 Å². The van der Waals surface area contributed by atoms with E-state index in [1.54, 1.807) is 0 Å². The Kier molecular flexibility index (Phi) is 4.50. The van der Waals surface area contributed by atoms with Crippen LogP contribution < -0.4 is 10.6 Å². The number of aryl methyl sites for hydroxylation is 1. The third kappa shape index (κ3) is 3.12. The molecule has 0 spiro atoms. The molecule has 30 heavy (non-hydrogen) atoms. The van der Waals surface area contributed by atoms with Crippen molar-refractivity contribution in [3.05, 3.63) is 84.0 Å². The Morgan fingerprint density at radius 1 is 1.07 bits per heavy atom. The summed E-state index contributed by atoms with van der Waals surface area (Å²) in [6.45, 7) is 11.1. The lowest BCUT2D eigenvalue weighted by Gasteiger charge is -2.18. The SMILES string of the molecule is [C-]#[N+]c1ccc(-c2cc3c(N4CCC(N)C4)nccn3c2-c2ccc(C)cc2)cc1. The number of nitrogens with two attached hydrogens (primary N) is 1. The zero-order valence-electron chi connectivity index (χ0n) is 16.9. The summed E-state index contributed by atoms with van der Waals surface area (Å²) < 4.78 is 2.23. The molecule has 2 aromatic carbocycles. The van der Waals surface area contributed by atoms with Crippen LogP contribution in [0.5, 0.6) is 0 Å². The fourth-order valence-corrected chi connectivity index (χ4v) is 4.25. The molecule has 1 fully saturated rings. The van der Waals surface area contributed by atoms with Crippen LogP contribution in [0.3, 0.4) is 0 Å². The van der Waals surface area contributed by atoms with Gasteiger partial charge >= 0.3 is 0 Å². The highest BCUT2D eigenvalue weighted by Crippen LogP contribution is 2.38. The van der Waals surface area contributed by atoms with Gasteiger partial charge in [-0.15, -0.1) is 0 Å². The van der Waals surface area contributed by atoms with Crippen molar-refractivity contribution < 1.29 is 0 Å². The van der Waals surface area contributed by atoms with E-state index in [0.717, 1.165) is 53.2 Å². The maximum absolute atomic E-state index is 7.24. The first kappa shape index (κ1) is 18.4. The summed E-state index contributed by atoms with van der Waals surface area (Å²) in [7, 11) is 0. The van der Waals surface area contributed by atoms with Gasteiger partial charge in [-0.05, 0) is 30.5 Å². The van der Waals surface area contributed by atoms with Crippen LogP contribution >= 0.6 is 0 Å². The summed E-state index contributed by atoms with van der Waals surface area (Å²) >= 11 is 0. The summed E-state index contributed by atoms with van der Waals surface area (Å²) in [5.41, 5.74) is 13.6. The van der Waals surface area contributed by atoms with Gasteiger partial charge in [0.1, 0.15) is 0 Å². The molecule has 1 saturated heterocycles. The number of nitrogens with zero attached hydrogens (tertiary/aromatic N) is 4. The van der Waals surface area contributed by atoms with Crippen molar-refractivity contribution in [2.45, 2.75) is 19.4 Å². The molecule has 0 radical (unpaired) electrons. The third-order valence-electron chi connectivity index (χ3n) is 5.83. The Bertz CT molecular complexity index is 1250. The van der Waals surface area contributed by atoms with Gasteiger partial charge in [0.25, 0.3) is 0 Å². The van der Waals surface area contributed by atoms with E-state index in [1.807, 2.05) is 36.7 Å². The number of aromatic nitrogens is 2. The minimum atomic E-state index is 0.194. The van der Waals surface area contributed by atoms with Gasteiger partial charge in [0.15, 0.2) is 11.5 Å². The third-order valence-corrected chi connectivity index (χ3v) is 5.83. The molecule has 5 rings (SSSR count). The average Bonchev–Trinajstić information content (AvgIpc) is 3.38. The van der Waals surface area contributed by atoms with E-state index < -0.39 is 0 Å². The van der Waals surface area contributed by atoms with E-state index in [9.17, 15) is 0 Å². The summed E-state index contributed by atoms with van der Waals surface area (Å²) in [5, 5.41) is 0. The van der Waals surface area contributed by atoms with Crippen LogP contribution in [0.25, 0.3) is 32.7 Å². The molecule has 3 heterocycles. The average molecular weight is 393 g/mol. The standard InChI is InChI=1S/C25H23N5/c1-17-3-5-19(6-4-17)24-22(18-7-9-21(27-2)10-8-18)15-23-25(28-12-14-30(23)24)29-13-11-20(26)16-29/h3-10,12,14-15,20H,11,13,16,26H2,1H3. The molecule has 1 aliphatic heterocycles. The van der Waals surface area contributed by atoms with Crippen molar-refractivity contribution in [1.82, 2.24) is 9.38 Å². The Morgan fingerprint density at radius 2 is 1.80 bits per heavy atom. The fourth-order valence-electron chi connectivity index (χ4n) is 4.25. The smallest absolute Gasteiger partial charge is 0.187 e. The maximum atomic E-state index is 7.24. The molecule has 1 unspecified atom stereocenters. The minimum Gasteiger partial charge on any atom is -0.353 e. The second kappa shape index (κ2) is 7.33. The molecule has 148 valence electrons. The van der Waals surface area contributed by atoms with Gasteiger partial charge in [0.05, 0.1) is 17.8 Å². The quantitative estimate of drug-likeness (QED) is 0.495. The number of rotatable bonds is 3. The first-order valence-corrected chi connectivity index (χ1v) is 10.2. The van der Waals surface area contributed by atoms with E-state index in [2.05, 4.69) is 51.4 Å². The first-order chi connectivity index (χ1) is 14.6. The molecular formula is C25H23N5. The van der Waals surface area contributed by atoms with Crippen molar-refractivity contribution in [3.63, 3.8) is 0 Å². The molecule has 2 aromatic heterocycles. The highest BCUT2D eigenvalue weighted by Gasteiger charge is 2.24. The van der Waals surface area contributed by atoms with E-state index in [-0.39, 0.29) is 6.04 Å². The van der Waals surface area contributed by atoms with Crippen LogP contribution in [0.1, 0.15) is 12.0 Å². The number of fused-ring (bicyclic) bond motifs is 1. The van der Waals surface area contributed by atoms with Crippen LogP contribution in [0.4, 0.5) is 11.5 Å². The Morgan fingerprint density at radius 3 is 2.47 bits per heavy atom. The molecule has 0 aliphatic carbocycles. The molecule has 0 amide bonds. The second-order valence-electron chi connectivity index (χ2n) is 7.93. The number of anilines is 1. The van der Waals surface area contributed by atoms with Gasteiger partial charge < -0.3 is 15.0 Å². The normalized spacial score (nSPS) is 16.2. The van der Waals surface area contributed by atoms with Gasteiger partial charge in [-0.3, -0.25) is 0 Å². The van der Waals surface area contributed by atoms with Crippen molar-refractivity contribution in [1.29, 1.82) is 0 Å². The van der Waals surface area contributed by atoms with Crippen LogP contribution in [-0.4, -0.2) is 28.5 Å². The lowest BCUT2D eigenvalue weighted by atomic mass is 10.0. The first-order valence-electron chi connectivity index (χ1n) is 10.2. The predicted molar refractivity (Wildman–Crippen MR) is 122 cm³/mol. The minimum absolute atomic E-state index is 0.194. The van der Waals surface area contributed by atoms with Crippen molar-refractivity contribution >= 4 is 17.0 Å². The largest absolute Gasteiger partial charge is 0.353 e. The molecule has 1 atom stereocenters. The number of hydrogen-bond acceptors (Lipinski definition) is 3. The van der Waals surface area contributed by atoms with E-state index in [1.165, 1.54) is 5.56 Å². The van der Waals surface area contributed by atoms with Gasteiger partial charge in [0, 0.05) is 37.1 Å². The van der Waals surface area contributed by atoms with Crippen LogP contribution in [0, 0.1) is 13.5 Å². The van der Waals surface area contributed by atoms with E-state index >= 15 is 0 Å². The highest BCUT2D eigenvalue weighted by atomic mass is 15.2. The van der Waals surface area contributed by atoms with Gasteiger partial charge in [-0.2, -0.15) is 0 Å². The van der Waals surface area contributed by atoms with Crippen LogP contribution in [-0.2, 0) is 0 Å². The molecule has 0 saturated carbocycles. The Balaban J connectivity index is 1.75. The Labute approximate surface area is 176 Å². The monoisotopic (exact) mass is 393 g/mol. The topological polar surface area (TPSA) is 50.9 Å². The van der Waals surface area contributed by atoms with Gasteiger partial charge in [-0.1, -0.05) is 54.1 Å². The molecular weight excluding hydrogens is 370 g/mol. The second-order valence-corrected chi connectivity index (χ2v) is 7.93. The number of hydrogen-bond donors (Lipinski definition) is 1. The van der Waals surface area contributed by atoms with Crippen molar-refractivity contribution in [3.8, 4) is 22.4 Å². The molecule has 4 aromatic rings. The lowest BCUT2D eigenvalue weighted by Crippen LogP contribution is -2.27.